The first-order valence-electron chi connectivity index (χ1n) is 4.83. The van der Waals surface area contributed by atoms with E-state index in [9.17, 15) is 26.3 Å². The van der Waals surface area contributed by atoms with Crippen LogP contribution in [0.25, 0.3) is 0 Å². The molecule has 0 aliphatic rings. The van der Waals surface area contributed by atoms with Gasteiger partial charge in [-0.15, -0.1) is 0 Å². The Balaban J connectivity index is 2.48. The van der Waals surface area contributed by atoms with E-state index in [0.29, 0.717) is 3.57 Å². The first-order valence-corrected chi connectivity index (χ1v) is 6.99. The largest absolute Gasteiger partial charge is 0.364 e. The van der Waals surface area contributed by atoms with Crippen molar-refractivity contribution in [1.82, 2.24) is 0 Å². The van der Waals surface area contributed by atoms with Gasteiger partial charge < -0.3 is 0 Å². The summed E-state index contributed by atoms with van der Waals surface area (Å²) in [5.41, 5.74) is 0. The van der Waals surface area contributed by atoms with Crippen LogP contribution in [0.3, 0.4) is 0 Å². The topological polar surface area (TPSA) is 0 Å². The minimum atomic E-state index is -2.18. The second kappa shape index (κ2) is 5.40. The van der Waals surface area contributed by atoms with Crippen LogP contribution in [0, 0.1) is 42.0 Å². The molecule has 0 aliphatic carbocycles. The van der Waals surface area contributed by atoms with Crippen LogP contribution in [0.1, 0.15) is 0 Å². The van der Waals surface area contributed by atoms with E-state index in [-0.39, 0.29) is 0 Å². The van der Waals surface area contributed by atoms with Crippen LogP contribution in [-0.2, 0) is 0 Å². The third-order valence-corrected chi connectivity index (χ3v) is 4.99. The van der Waals surface area contributed by atoms with Crippen LogP contribution in [-0.4, -0.2) is 0 Å². The molecular formula is C12H4F6I+. The average Bonchev–Trinajstić information content (AvgIpc) is 2.41. The fraction of sp³-hybridized carbons (Fsp3) is 0. The molecule has 2 aromatic rings. The highest BCUT2D eigenvalue weighted by Gasteiger charge is 2.35. The van der Waals surface area contributed by atoms with Crippen LogP contribution < -0.4 is 21.2 Å². The molecule has 0 atom stereocenters. The SMILES string of the molecule is Fc1ccc([I+]c2c(F)c(F)c(F)c(F)c2F)cc1. The minimum Gasteiger partial charge on any atom is -0.207 e. The van der Waals surface area contributed by atoms with E-state index in [2.05, 4.69) is 0 Å². The van der Waals surface area contributed by atoms with Gasteiger partial charge in [0.05, 0.1) is 0 Å². The molecule has 0 nitrogen and oxygen atoms in total. The Kier molecular flexibility index (Phi) is 4.02. The molecule has 0 fully saturated rings. The molecule has 2 aromatic carbocycles. The van der Waals surface area contributed by atoms with Crippen LogP contribution >= 0.6 is 0 Å². The standard InChI is InChI=1S/C12H4F6I/c13-5-1-3-6(4-2-5)19-12-10(17)8(15)7(14)9(16)11(12)18/h1-4H/q+1. The highest BCUT2D eigenvalue weighted by molar-refractivity contribution is 5.13. The average molecular weight is 389 g/mol. The maximum Gasteiger partial charge on any atom is 0.364 e. The molecule has 0 radical (unpaired) electrons. The predicted molar refractivity (Wildman–Crippen MR) is 50.0 cm³/mol. The number of hydrogen-bond donors (Lipinski definition) is 0. The Bertz CT molecular complexity index is 594. The lowest BCUT2D eigenvalue weighted by atomic mass is 10.3. The fourth-order valence-electron chi connectivity index (χ4n) is 1.26. The Hall–Kier alpha value is -1.25. The Labute approximate surface area is 114 Å². The van der Waals surface area contributed by atoms with Crippen molar-refractivity contribution in [2.45, 2.75) is 0 Å². The van der Waals surface area contributed by atoms with Crippen molar-refractivity contribution in [3.05, 3.63) is 66.3 Å². The van der Waals surface area contributed by atoms with E-state index in [1.165, 1.54) is 12.1 Å². The highest BCUT2D eigenvalue weighted by atomic mass is 127. The first-order chi connectivity index (χ1) is 8.91. The molecule has 0 N–H and O–H groups in total. The maximum absolute atomic E-state index is 13.4. The smallest absolute Gasteiger partial charge is 0.207 e. The lowest BCUT2D eigenvalue weighted by Crippen LogP contribution is -3.62. The second-order valence-electron chi connectivity index (χ2n) is 3.41. The minimum absolute atomic E-state index is 0.336. The molecule has 0 aromatic heterocycles. The summed E-state index contributed by atoms with van der Waals surface area (Å²) >= 11 is -1.64. The summed E-state index contributed by atoms with van der Waals surface area (Å²) in [6.45, 7) is 0. The summed E-state index contributed by atoms with van der Waals surface area (Å²) in [4.78, 5) is 0. The van der Waals surface area contributed by atoms with Gasteiger partial charge in [-0.3, -0.25) is 0 Å². The summed E-state index contributed by atoms with van der Waals surface area (Å²) in [6.07, 6.45) is 0. The van der Waals surface area contributed by atoms with Crippen LogP contribution in [0.4, 0.5) is 26.3 Å². The molecule has 0 bridgehead atoms. The number of hydrogen-bond acceptors (Lipinski definition) is 0. The fourth-order valence-corrected chi connectivity index (χ4v) is 3.55. The zero-order chi connectivity index (χ0) is 14.2. The summed E-state index contributed by atoms with van der Waals surface area (Å²) in [5.74, 6) is -10.3. The Morgan fingerprint density at radius 3 is 1.47 bits per heavy atom. The van der Waals surface area contributed by atoms with E-state index in [0.717, 1.165) is 12.1 Å². The van der Waals surface area contributed by atoms with Crippen molar-refractivity contribution in [1.29, 1.82) is 0 Å². The Morgan fingerprint density at radius 2 is 1.00 bits per heavy atom. The van der Waals surface area contributed by atoms with Crippen molar-refractivity contribution in [2.75, 3.05) is 0 Å². The van der Waals surface area contributed by atoms with Crippen molar-refractivity contribution in [3.8, 4) is 0 Å². The van der Waals surface area contributed by atoms with Gasteiger partial charge in [-0.2, -0.15) is 8.78 Å². The van der Waals surface area contributed by atoms with Gasteiger partial charge in [0.15, 0.2) is 3.57 Å². The molecule has 19 heavy (non-hydrogen) atoms. The number of rotatable bonds is 2. The van der Waals surface area contributed by atoms with E-state index >= 15 is 0 Å². The van der Waals surface area contributed by atoms with Crippen LogP contribution in [0.2, 0.25) is 0 Å². The molecule has 0 spiro atoms. The quantitative estimate of drug-likeness (QED) is 0.307. The molecule has 0 saturated carbocycles. The molecule has 100 valence electrons. The zero-order valence-corrected chi connectivity index (χ0v) is 11.1. The lowest BCUT2D eigenvalue weighted by Gasteiger charge is -1.99. The van der Waals surface area contributed by atoms with Gasteiger partial charge in [0.1, 0.15) is 5.82 Å². The predicted octanol–water partition coefficient (Wildman–Crippen LogP) is 0.650. The van der Waals surface area contributed by atoms with Gasteiger partial charge in [-0.1, -0.05) is 0 Å². The van der Waals surface area contributed by atoms with E-state index in [4.69, 9.17) is 0 Å². The van der Waals surface area contributed by atoms with Crippen molar-refractivity contribution >= 4 is 0 Å². The third kappa shape index (κ3) is 2.70. The summed E-state index contributed by atoms with van der Waals surface area (Å²) in [7, 11) is 0. The lowest BCUT2D eigenvalue weighted by molar-refractivity contribution is -0.604. The van der Waals surface area contributed by atoms with Crippen LogP contribution in [0.15, 0.2) is 24.3 Å². The van der Waals surface area contributed by atoms with Gasteiger partial charge in [-0.05, 0) is 24.3 Å². The van der Waals surface area contributed by atoms with E-state index in [1.807, 2.05) is 0 Å². The molecule has 0 amide bonds. The monoisotopic (exact) mass is 389 g/mol. The molecule has 0 heterocycles. The van der Waals surface area contributed by atoms with Gasteiger partial charge in [0, 0.05) is 0 Å². The third-order valence-electron chi connectivity index (χ3n) is 2.16. The number of benzene rings is 2. The molecule has 0 unspecified atom stereocenters. The molecular weight excluding hydrogens is 385 g/mol. The van der Waals surface area contributed by atoms with Crippen molar-refractivity contribution in [2.24, 2.45) is 0 Å². The zero-order valence-electron chi connectivity index (χ0n) is 8.96. The van der Waals surface area contributed by atoms with Gasteiger partial charge in [0.25, 0.3) is 3.57 Å². The summed E-state index contributed by atoms with van der Waals surface area (Å²) in [5, 5.41) is 0. The van der Waals surface area contributed by atoms with Crippen LogP contribution in [0.5, 0.6) is 0 Å². The molecule has 7 heteroatoms. The molecule has 0 aliphatic heterocycles. The summed E-state index contributed by atoms with van der Waals surface area (Å²) in [6, 6.07) is 4.61. The number of halogens is 7. The second-order valence-corrected chi connectivity index (χ2v) is 6.28. The maximum atomic E-state index is 13.4. The molecule has 0 saturated heterocycles. The normalized spacial score (nSPS) is 10.8. The van der Waals surface area contributed by atoms with Gasteiger partial charge in [0.2, 0.25) is 29.1 Å². The van der Waals surface area contributed by atoms with E-state index in [1.54, 1.807) is 0 Å². The highest BCUT2D eigenvalue weighted by Crippen LogP contribution is 2.17. The summed E-state index contributed by atoms with van der Waals surface area (Å²) < 4.78 is 77.7. The van der Waals surface area contributed by atoms with Crippen molar-refractivity contribution < 1.29 is 47.5 Å². The van der Waals surface area contributed by atoms with Crippen molar-refractivity contribution in [3.63, 3.8) is 0 Å². The van der Waals surface area contributed by atoms with Gasteiger partial charge >= 0.3 is 21.2 Å². The van der Waals surface area contributed by atoms with E-state index < -0.39 is 59.7 Å². The molecule has 2 rings (SSSR count). The van der Waals surface area contributed by atoms with Gasteiger partial charge in [-0.25, -0.2) is 17.6 Å². The Morgan fingerprint density at radius 1 is 0.579 bits per heavy atom. The first kappa shape index (κ1) is 14.2.